The molecule has 0 atom stereocenters. The number of nitrogens with zero attached hydrogens (tertiary/aromatic N) is 4. The maximum absolute atomic E-state index is 8.53. The van der Waals surface area contributed by atoms with Gasteiger partial charge in [-0.15, -0.1) is 0 Å². The molecule has 0 radical (unpaired) electrons. The second-order valence-corrected chi connectivity index (χ2v) is 5.72. The van der Waals surface area contributed by atoms with Crippen LogP contribution in [0.25, 0.3) is 0 Å². The van der Waals surface area contributed by atoms with E-state index in [1.807, 2.05) is 27.7 Å². The largest absolute Gasteiger partial charge is 2.00 e. The molecule has 0 rings (SSSR count). The van der Waals surface area contributed by atoms with Gasteiger partial charge in [0.25, 0.3) is 0 Å². The van der Waals surface area contributed by atoms with Gasteiger partial charge in [-0.25, -0.2) is 0 Å². The monoisotopic (exact) mass is 516 g/mol. The smallest absolute Gasteiger partial charge is 0.411 e. The summed E-state index contributed by atoms with van der Waals surface area (Å²) in [5.74, 6) is 10.9. The summed E-state index contributed by atoms with van der Waals surface area (Å²) in [6, 6.07) is 0. The number of oxime groups is 2. The first-order valence-electron chi connectivity index (χ1n) is 7.14. The third-order valence-corrected chi connectivity index (χ3v) is 2.67. The molecule has 0 saturated carbocycles. The van der Waals surface area contributed by atoms with Crippen LogP contribution in [0.3, 0.4) is 0 Å². The maximum atomic E-state index is 8.53. The summed E-state index contributed by atoms with van der Waals surface area (Å²) in [5.41, 5.74) is 2.28. The molecule has 0 amide bonds. The van der Waals surface area contributed by atoms with Crippen molar-refractivity contribution >= 4 is 22.8 Å². The topological polar surface area (TPSA) is 142 Å². The van der Waals surface area contributed by atoms with E-state index < -0.39 is 0 Å². The molecule has 0 aromatic carbocycles. The van der Waals surface area contributed by atoms with Crippen LogP contribution in [0.5, 0.6) is 0 Å². The predicted molar refractivity (Wildman–Crippen MR) is 91.9 cm³/mol. The van der Waals surface area contributed by atoms with Gasteiger partial charge in [0.05, 0.1) is 11.4 Å². The molecular formula is C14H30HgN6O2+2. The standard InChI is InChI=1S/2C7H15N3O.Hg/c2*1-5(2)4-7(10-11)6(3)9-8;/h2*5,11H,4,8H2,1-3H3;/q;;+2/b2*9-6+,10-7+;. The summed E-state index contributed by atoms with van der Waals surface area (Å²) in [7, 11) is 0. The van der Waals surface area contributed by atoms with Gasteiger partial charge in [-0.3, -0.25) is 0 Å². The van der Waals surface area contributed by atoms with E-state index >= 15 is 0 Å². The molecule has 9 heteroatoms. The van der Waals surface area contributed by atoms with E-state index in [0.29, 0.717) is 47.5 Å². The van der Waals surface area contributed by atoms with Gasteiger partial charge in [0.1, 0.15) is 11.4 Å². The Morgan fingerprint density at radius 3 is 1.17 bits per heavy atom. The second kappa shape index (κ2) is 15.7. The van der Waals surface area contributed by atoms with Crippen molar-refractivity contribution in [3.63, 3.8) is 0 Å². The summed E-state index contributed by atoms with van der Waals surface area (Å²) in [4.78, 5) is 0. The van der Waals surface area contributed by atoms with Crippen LogP contribution in [-0.4, -0.2) is 33.3 Å². The molecule has 0 unspecified atom stereocenters. The summed E-state index contributed by atoms with van der Waals surface area (Å²) in [6.45, 7) is 11.6. The van der Waals surface area contributed by atoms with Crippen LogP contribution in [0.15, 0.2) is 20.5 Å². The molecule has 0 saturated heterocycles. The molecule has 0 heterocycles. The Hall–Kier alpha value is -1.18. The Morgan fingerprint density at radius 2 is 1.04 bits per heavy atom. The van der Waals surface area contributed by atoms with Crippen LogP contribution in [0.2, 0.25) is 0 Å². The van der Waals surface area contributed by atoms with Crippen molar-refractivity contribution in [3.05, 3.63) is 0 Å². The number of rotatable bonds is 6. The predicted octanol–water partition coefficient (Wildman–Crippen LogP) is 2.39. The van der Waals surface area contributed by atoms with Crippen LogP contribution in [0, 0.1) is 11.8 Å². The molecule has 0 spiro atoms. The fourth-order valence-electron chi connectivity index (χ4n) is 1.44. The Labute approximate surface area is 159 Å². The van der Waals surface area contributed by atoms with Crippen LogP contribution >= 0.6 is 0 Å². The van der Waals surface area contributed by atoms with Gasteiger partial charge in [-0.1, -0.05) is 38.0 Å². The summed E-state index contributed by atoms with van der Waals surface area (Å²) < 4.78 is 0. The Bertz CT molecular complexity index is 391. The van der Waals surface area contributed by atoms with E-state index in [0.717, 1.165) is 0 Å². The molecule has 128 valence electrons. The molecule has 8 nitrogen and oxygen atoms in total. The third kappa shape index (κ3) is 14.2. The van der Waals surface area contributed by atoms with Crippen molar-refractivity contribution in [2.24, 2.45) is 44.0 Å². The quantitative estimate of drug-likeness (QED) is 0.142. The van der Waals surface area contributed by atoms with Gasteiger partial charge in [0, 0.05) is 0 Å². The molecule has 0 aliphatic rings. The number of nitrogens with two attached hydrogens (primary N) is 2. The SMILES string of the molecule is CC(=N\N)/C(CC(C)C)=N/O.CC(=N\N)/C(CC(C)C)=N/O.[Hg+2]. The number of hydrazone groups is 2. The first-order chi connectivity index (χ1) is 10.2. The van der Waals surface area contributed by atoms with E-state index in [2.05, 4.69) is 20.5 Å². The summed E-state index contributed by atoms with van der Waals surface area (Å²) >= 11 is 0. The fraction of sp³-hybridized carbons (Fsp3) is 0.714. The molecule has 23 heavy (non-hydrogen) atoms. The first-order valence-corrected chi connectivity index (χ1v) is 7.14. The minimum absolute atomic E-state index is 0. The third-order valence-electron chi connectivity index (χ3n) is 2.67. The molecule has 0 fully saturated rings. The molecule has 0 aliphatic heterocycles. The average Bonchev–Trinajstić information content (AvgIpc) is 2.48. The van der Waals surface area contributed by atoms with Crippen molar-refractivity contribution in [2.75, 3.05) is 0 Å². The van der Waals surface area contributed by atoms with Crippen molar-refractivity contribution in [1.82, 2.24) is 0 Å². The molecule has 0 aromatic heterocycles. The Morgan fingerprint density at radius 1 is 0.783 bits per heavy atom. The van der Waals surface area contributed by atoms with Gasteiger partial charge in [0.15, 0.2) is 0 Å². The van der Waals surface area contributed by atoms with E-state index in [4.69, 9.17) is 22.1 Å². The van der Waals surface area contributed by atoms with Crippen molar-refractivity contribution < 1.29 is 38.1 Å². The zero-order chi connectivity index (χ0) is 17.7. The Kier molecular flexibility index (Phi) is 18.2. The zero-order valence-corrected chi connectivity index (χ0v) is 20.6. The Balaban J connectivity index is -0.000000333. The van der Waals surface area contributed by atoms with E-state index in [1.165, 1.54) is 0 Å². The molecule has 0 aliphatic carbocycles. The second-order valence-electron chi connectivity index (χ2n) is 5.72. The van der Waals surface area contributed by atoms with Crippen molar-refractivity contribution in [3.8, 4) is 0 Å². The molecular weight excluding hydrogens is 485 g/mol. The minimum atomic E-state index is 0. The summed E-state index contributed by atoms with van der Waals surface area (Å²) in [6.07, 6.45) is 1.39. The van der Waals surface area contributed by atoms with Gasteiger partial charge < -0.3 is 22.1 Å². The van der Waals surface area contributed by atoms with Crippen LogP contribution in [-0.2, 0) is 27.7 Å². The molecule has 0 aromatic rings. The van der Waals surface area contributed by atoms with Crippen molar-refractivity contribution in [1.29, 1.82) is 0 Å². The zero-order valence-electron chi connectivity index (χ0n) is 15.1. The van der Waals surface area contributed by atoms with E-state index in [1.54, 1.807) is 13.8 Å². The minimum Gasteiger partial charge on any atom is -0.411 e. The van der Waals surface area contributed by atoms with Gasteiger partial charge >= 0.3 is 27.7 Å². The van der Waals surface area contributed by atoms with Gasteiger partial charge in [-0.05, 0) is 38.5 Å². The first kappa shape index (κ1) is 26.7. The van der Waals surface area contributed by atoms with Crippen LogP contribution in [0.1, 0.15) is 54.4 Å². The van der Waals surface area contributed by atoms with Crippen LogP contribution < -0.4 is 11.7 Å². The van der Waals surface area contributed by atoms with Crippen LogP contribution in [0.4, 0.5) is 0 Å². The summed E-state index contributed by atoms with van der Waals surface area (Å²) in [5, 5.41) is 30.1. The van der Waals surface area contributed by atoms with Gasteiger partial charge in [-0.2, -0.15) is 10.2 Å². The maximum Gasteiger partial charge on any atom is 2.00 e. The average molecular weight is 515 g/mol. The van der Waals surface area contributed by atoms with Crippen molar-refractivity contribution in [2.45, 2.75) is 54.4 Å². The van der Waals surface area contributed by atoms with E-state index in [9.17, 15) is 0 Å². The molecule has 6 N–H and O–H groups in total. The van der Waals surface area contributed by atoms with E-state index in [-0.39, 0.29) is 27.7 Å². The number of hydrogen-bond donors (Lipinski definition) is 4. The van der Waals surface area contributed by atoms with Gasteiger partial charge in [0.2, 0.25) is 0 Å². The fourth-order valence-corrected chi connectivity index (χ4v) is 1.44. The normalized spacial score (nSPS) is 13.6. The molecule has 0 bridgehead atoms. The number of hydrogen-bond acceptors (Lipinski definition) is 8.